The molecule has 122 valence electrons. The second kappa shape index (κ2) is 6.55. The van der Waals surface area contributed by atoms with Gasteiger partial charge in [-0.2, -0.15) is 0 Å². The van der Waals surface area contributed by atoms with Crippen molar-refractivity contribution in [3.05, 3.63) is 71.6 Å². The van der Waals surface area contributed by atoms with Crippen LogP contribution in [0, 0.1) is 5.41 Å². The van der Waals surface area contributed by atoms with Gasteiger partial charge in [-0.1, -0.05) is 18.2 Å². The van der Waals surface area contributed by atoms with Crippen molar-refractivity contribution >= 4 is 12.1 Å². The van der Waals surface area contributed by atoms with Gasteiger partial charge in [0, 0.05) is 12.6 Å². The van der Waals surface area contributed by atoms with Gasteiger partial charge in [0.1, 0.15) is 23.5 Å². The van der Waals surface area contributed by atoms with E-state index >= 15 is 0 Å². The fourth-order valence-corrected chi connectivity index (χ4v) is 2.40. The van der Waals surface area contributed by atoms with Crippen molar-refractivity contribution < 1.29 is 4.74 Å². The van der Waals surface area contributed by atoms with E-state index in [1.54, 1.807) is 18.3 Å². The smallest absolute Gasteiger partial charge is 0.133 e. The maximum absolute atomic E-state index is 8.41. The molecular weight excluding hydrogens is 302 g/mol. The first-order valence-corrected chi connectivity index (χ1v) is 7.50. The number of hydrogen-bond donors (Lipinski definition) is 3. The van der Waals surface area contributed by atoms with Crippen molar-refractivity contribution in [1.82, 2.24) is 4.90 Å². The number of nitrogens with one attached hydrogen (secondary N) is 1. The summed E-state index contributed by atoms with van der Waals surface area (Å²) < 4.78 is 5.75. The van der Waals surface area contributed by atoms with Gasteiger partial charge in [0.05, 0.1) is 17.6 Å². The van der Waals surface area contributed by atoms with Crippen LogP contribution in [0.1, 0.15) is 5.56 Å². The molecule has 5 N–H and O–H groups in total. The van der Waals surface area contributed by atoms with Crippen molar-refractivity contribution in [3.63, 3.8) is 0 Å². The molecule has 0 bridgehead atoms. The van der Waals surface area contributed by atoms with Crippen LogP contribution >= 0.6 is 0 Å². The zero-order valence-electron chi connectivity index (χ0n) is 13.3. The predicted octanol–water partition coefficient (Wildman–Crippen LogP) is 2.28. The fourth-order valence-electron chi connectivity index (χ4n) is 2.40. The minimum atomic E-state index is -0.491. The van der Waals surface area contributed by atoms with E-state index in [2.05, 4.69) is 4.99 Å². The van der Waals surface area contributed by atoms with Gasteiger partial charge in [0.25, 0.3) is 0 Å². The molecule has 2 aromatic rings. The first-order valence-electron chi connectivity index (χ1n) is 7.50. The Morgan fingerprint density at radius 1 is 1.08 bits per heavy atom. The molecule has 6 nitrogen and oxygen atoms in total. The molecule has 1 unspecified atom stereocenters. The molecule has 0 aliphatic carbocycles. The minimum Gasteiger partial charge on any atom is -0.457 e. The van der Waals surface area contributed by atoms with Gasteiger partial charge in [-0.25, -0.2) is 4.99 Å². The summed E-state index contributed by atoms with van der Waals surface area (Å²) in [5, 5.41) is 8.41. The molecule has 0 fully saturated rings. The summed E-state index contributed by atoms with van der Waals surface area (Å²) in [6.07, 6.45) is 1.07. The van der Waals surface area contributed by atoms with Gasteiger partial charge < -0.3 is 21.1 Å². The Balaban J connectivity index is 1.80. The Bertz CT molecular complexity index is 796. The lowest BCUT2D eigenvalue weighted by molar-refractivity contribution is 0.429. The molecule has 0 aromatic heterocycles. The molecule has 24 heavy (non-hydrogen) atoms. The Kier molecular flexibility index (Phi) is 4.31. The normalized spacial score (nSPS) is 17.1. The molecule has 0 saturated heterocycles. The van der Waals surface area contributed by atoms with E-state index < -0.39 is 6.17 Å². The van der Waals surface area contributed by atoms with E-state index in [4.69, 9.17) is 21.6 Å². The number of nitrogens with zero attached hydrogens (tertiary/aromatic N) is 2. The van der Waals surface area contributed by atoms with E-state index in [1.807, 2.05) is 54.6 Å². The van der Waals surface area contributed by atoms with Crippen LogP contribution in [0.3, 0.4) is 0 Å². The Labute approximate surface area is 140 Å². The first kappa shape index (κ1) is 15.8. The van der Waals surface area contributed by atoms with Crippen molar-refractivity contribution in [3.8, 4) is 11.5 Å². The van der Waals surface area contributed by atoms with Gasteiger partial charge in [0.15, 0.2) is 0 Å². The third kappa shape index (κ3) is 3.13. The molecule has 3 rings (SSSR count). The summed E-state index contributed by atoms with van der Waals surface area (Å²) in [6.45, 7) is 0. The number of likely N-dealkylation sites (N-methyl/N-ethyl adjacent to an activating group) is 1. The third-order valence-corrected chi connectivity index (χ3v) is 3.78. The second-order valence-electron chi connectivity index (χ2n) is 5.47. The van der Waals surface area contributed by atoms with Crippen LogP contribution in [0.15, 0.2) is 71.0 Å². The van der Waals surface area contributed by atoms with Gasteiger partial charge in [0.2, 0.25) is 0 Å². The average Bonchev–Trinajstić information content (AvgIpc) is 2.60. The van der Waals surface area contributed by atoms with E-state index in [-0.39, 0.29) is 11.5 Å². The van der Waals surface area contributed by atoms with Crippen LogP contribution in [0.5, 0.6) is 11.5 Å². The van der Waals surface area contributed by atoms with Crippen LogP contribution in [0.25, 0.3) is 0 Å². The molecule has 0 saturated carbocycles. The Morgan fingerprint density at radius 3 is 2.38 bits per heavy atom. The van der Waals surface area contributed by atoms with E-state index in [1.165, 1.54) is 0 Å². The van der Waals surface area contributed by atoms with Crippen LogP contribution < -0.4 is 16.2 Å². The quantitative estimate of drug-likeness (QED) is 0.752. The summed E-state index contributed by atoms with van der Waals surface area (Å²) in [6, 6.07) is 16.8. The maximum Gasteiger partial charge on any atom is 0.133 e. The number of aliphatic imine (C=N–C) groups is 1. The highest BCUT2D eigenvalue weighted by molar-refractivity contribution is 6.12. The lowest BCUT2D eigenvalue weighted by atomic mass is 9.99. The SMILES string of the molecule is CN1C=NC(N)=C(C(=N)c2ccc(Oc3ccccc3)cc2)C1N. The second-order valence-corrected chi connectivity index (χ2v) is 5.47. The summed E-state index contributed by atoms with van der Waals surface area (Å²) in [5.74, 6) is 1.73. The molecule has 2 aromatic carbocycles. The predicted molar refractivity (Wildman–Crippen MR) is 95.2 cm³/mol. The van der Waals surface area contributed by atoms with Gasteiger partial charge in [-0.3, -0.25) is 5.41 Å². The van der Waals surface area contributed by atoms with E-state index in [0.717, 1.165) is 5.75 Å². The van der Waals surface area contributed by atoms with Crippen molar-refractivity contribution in [2.24, 2.45) is 16.5 Å². The van der Waals surface area contributed by atoms with Gasteiger partial charge >= 0.3 is 0 Å². The van der Waals surface area contributed by atoms with Crippen LogP contribution in [-0.2, 0) is 0 Å². The van der Waals surface area contributed by atoms with Crippen molar-refractivity contribution in [2.45, 2.75) is 6.17 Å². The fraction of sp³-hybridized carbons (Fsp3) is 0.111. The average molecular weight is 321 g/mol. The summed E-state index contributed by atoms with van der Waals surface area (Å²) in [5.41, 5.74) is 13.5. The molecular formula is C18H19N5O. The standard InChI is InChI=1S/C18H19N5O/c1-23-11-22-17(20)15(18(23)21)16(19)12-7-9-14(10-8-12)24-13-5-3-2-4-6-13/h2-11,18-19H,20-21H2,1H3. The topological polar surface area (TPSA) is 101 Å². The van der Waals surface area contributed by atoms with Crippen LogP contribution in [0.4, 0.5) is 0 Å². The highest BCUT2D eigenvalue weighted by Gasteiger charge is 2.24. The largest absolute Gasteiger partial charge is 0.457 e. The molecule has 1 heterocycles. The molecule has 1 atom stereocenters. The Morgan fingerprint density at radius 2 is 1.71 bits per heavy atom. The number of nitrogens with two attached hydrogens (primary N) is 2. The molecule has 0 amide bonds. The molecule has 0 spiro atoms. The molecule has 1 aliphatic heterocycles. The minimum absolute atomic E-state index is 0.259. The highest BCUT2D eigenvalue weighted by Crippen LogP contribution is 2.23. The number of ether oxygens (including phenoxy) is 1. The molecule has 0 radical (unpaired) electrons. The summed E-state index contributed by atoms with van der Waals surface area (Å²) in [7, 11) is 1.80. The number of hydrogen-bond acceptors (Lipinski definition) is 6. The summed E-state index contributed by atoms with van der Waals surface area (Å²) in [4.78, 5) is 5.79. The van der Waals surface area contributed by atoms with Gasteiger partial charge in [-0.15, -0.1) is 0 Å². The zero-order valence-corrected chi connectivity index (χ0v) is 13.3. The van der Waals surface area contributed by atoms with E-state index in [9.17, 15) is 0 Å². The van der Waals surface area contributed by atoms with Crippen LogP contribution in [0.2, 0.25) is 0 Å². The molecule has 6 heteroatoms. The van der Waals surface area contributed by atoms with Gasteiger partial charge in [-0.05, 0) is 36.4 Å². The monoisotopic (exact) mass is 321 g/mol. The highest BCUT2D eigenvalue weighted by atomic mass is 16.5. The van der Waals surface area contributed by atoms with Crippen molar-refractivity contribution in [1.29, 1.82) is 5.41 Å². The third-order valence-electron chi connectivity index (χ3n) is 3.78. The number of rotatable bonds is 4. The zero-order chi connectivity index (χ0) is 17.1. The Hall–Kier alpha value is -3.12. The van der Waals surface area contributed by atoms with Crippen molar-refractivity contribution in [2.75, 3.05) is 7.05 Å². The first-order chi connectivity index (χ1) is 11.6. The van der Waals surface area contributed by atoms with Crippen LogP contribution in [-0.4, -0.2) is 30.2 Å². The summed E-state index contributed by atoms with van der Waals surface area (Å²) >= 11 is 0. The molecule has 1 aliphatic rings. The number of benzene rings is 2. The maximum atomic E-state index is 8.41. The number of para-hydroxylation sites is 1. The lowest BCUT2D eigenvalue weighted by Gasteiger charge is -2.29. The van der Waals surface area contributed by atoms with E-state index in [0.29, 0.717) is 16.9 Å². The lowest BCUT2D eigenvalue weighted by Crippen LogP contribution is -2.45.